The van der Waals surface area contributed by atoms with Crippen molar-refractivity contribution in [1.82, 2.24) is 4.90 Å². The number of fused-ring (bicyclic) bond motifs is 1. The fourth-order valence-corrected chi connectivity index (χ4v) is 2.56. The highest BCUT2D eigenvalue weighted by Crippen LogP contribution is 2.37. The van der Waals surface area contributed by atoms with Crippen molar-refractivity contribution in [2.45, 2.75) is 44.8 Å². The van der Waals surface area contributed by atoms with Crippen molar-refractivity contribution in [3.8, 4) is 0 Å². The van der Waals surface area contributed by atoms with Gasteiger partial charge in [0.25, 0.3) is 5.92 Å². The lowest BCUT2D eigenvalue weighted by Crippen LogP contribution is -2.61. The molecular formula is C13H19F2NO4. The van der Waals surface area contributed by atoms with E-state index in [0.29, 0.717) is 0 Å². The van der Waals surface area contributed by atoms with Crippen molar-refractivity contribution in [2.75, 3.05) is 19.7 Å². The summed E-state index contributed by atoms with van der Waals surface area (Å²) >= 11 is 0. The molecule has 2 aliphatic rings. The highest BCUT2D eigenvalue weighted by atomic mass is 19.3. The summed E-state index contributed by atoms with van der Waals surface area (Å²) in [5, 5.41) is 0. The summed E-state index contributed by atoms with van der Waals surface area (Å²) in [4.78, 5) is 24.2. The molecule has 0 spiro atoms. The lowest BCUT2D eigenvalue weighted by Gasteiger charge is -2.44. The van der Waals surface area contributed by atoms with Gasteiger partial charge in [-0.15, -0.1) is 0 Å². The van der Waals surface area contributed by atoms with Crippen LogP contribution in [0.25, 0.3) is 0 Å². The van der Waals surface area contributed by atoms with E-state index in [2.05, 4.69) is 0 Å². The van der Waals surface area contributed by atoms with E-state index < -0.39 is 36.2 Å². The zero-order valence-electron chi connectivity index (χ0n) is 11.8. The van der Waals surface area contributed by atoms with Gasteiger partial charge < -0.3 is 14.4 Å². The average molecular weight is 291 g/mol. The third-order valence-corrected chi connectivity index (χ3v) is 3.27. The summed E-state index contributed by atoms with van der Waals surface area (Å²) in [5.41, 5.74) is -0.748. The van der Waals surface area contributed by atoms with E-state index in [1.54, 1.807) is 20.8 Å². The van der Waals surface area contributed by atoms with Gasteiger partial charge in [-0.1, -0.05) is 0 Å². The molecule has 0 aromatic heterocycles. The van der Waals surface area contributed by atoms with Crippen LogP contribution in [0.4, 0.5) is 13.6 Å². The van der Waals surface area contributed by atoms with Gasteiger partial charge in [0.2, 0.25) is 0 Å². The average Bonchev–Trinajstić information content (AvgIpc) is 2.24. The minimum atomic E-state index is -3.17. The second-order valence-electron chi connectivity index (χ2n) is 6.36. The fourth-order valence-electron chi connectivity index (χ4n) is 2.56. The number of piperidine rings is 1. The Kier molecular flexibility index (Phi) is 3.75. The summed E-state index contributed by atoms with van der Waals surface area (Å²) in [6.45, 7) is 4.05. The van der Waals surface area contributed by atoms with Crippen LogP contribution in [0.5, 0.6) is 0 Å². The standard InChI is InChI=1S/C13H19F2NO4/c1-12(2,3)20-11(18)16-5-8-4-9(17)6-19-10(8)13(14,15)7-16/h8,10H,4-7H2,1-3H3/t8-,10-/m1/s1. The summed E-state index contributed by atoms with van der Waals surface area (Å²) in [6, 6.07) is 0. The minimum absolute atomic E-state index is 0.0134. The van der Waals surface area contributed by atoms with Gasteiger partial charge in [-0.3, -0.25) is 4.79 Å². The van der Waals surface area contributed by atoms with Gasteiger partial charge in [0.05, 0.1) is 6.54 Å². The number of amides is 1. The van der Waals surface area contributed by atoms with E-state index in [9.17, 15) is 18.4 Å². The highest BCUT2D eigenvalue weighted by Gasteiger charge is 2.54. The van der Waals surface area contributed by atoms with Crippen LogP contribution in [0.2, 0.25) is 0 Å². The quantitative estimate of drug-likeness (QED) is 0.683. The van der Waals surface area contributed by atoms with Crippen molar-refractivity contribution >= 4 is 11.9 Å². The Bertz CT molecular complexity index is 419. The fraction of sp³-hybridized carbons (Fsp3) is 0.846. The van der Waals surface area contributed by atoms with Crippen LogP contribution in [0.1, 0.15) is 27.2 Å². The maximum Gasteiger partial charge on any atom is 0.410 e. The lowest BCUT2D eigenvalue weighted by atomic mass is 9.86. The van der Waals surface area contributed by atoms with Crippen LogP contribution in [0, 0.1) is 5.92 Å². The van der Waals surface area contributed by atoms with Crippen molar-refractivity contribution in [1.29, 1.82) is 0 Å². The number of hydrogen-bond acceptors (Lipinski definition) is 4. The molecule has 0 radical (unpaired) electrons. The number of alkyl halides is 2. The van der Waals surface area contributed by atoms with Crippen molar-refractivity contribution in [3.05, 3.63) is 0 Å². The van der Waals surface area contributed by atoms with E-state index in [-0.39, 0.29) is 25.4 Å². The molecule has 0 aromatic rings. The summed E-state index contributed by atoms with van der Waals surface area (Å²) in [7, 11) is 0. The number of likely N-dealkylation sites (tertiary alicyclic amines) is 1. The number of nitrogens with zero attached hydrogens (tertiary/aromatic N) is 1. The molecule has 114 valence electrons. The molecule has 0 bridgehead atoms. The van der Waals surface area contributed by atoms with Crippen molar-refractivity contribution in [2.24, 2.45) is 5.92 Å². The zero-order valence-corrected chi connectivity index (χ0v) is 11.8. The smallest absolute Gasteiger partial charge is 0.410 e. The second kappa shape index (κ2) is 4.95. The molecule has 2 rings (SSSR count). The Morgan fingerprint density at radius 2 is 2.10 bits per heavy atom. The van der Waals surface area contributed by atoms with Crippen molar-refractivity contribution < 1.29 is 27.8 Å². The number of carbonyl (C=O) groups is 2. The molecule has 2 heterocycles. The van der Waals surface area contributed by atoms with Gasteiger partial charge in [-0.05, 0) is 20.8 Å². The van der Waals surface area contributed by atoms with Crippen LogP contribution < -0.4 is 0 Å². The summed E-state index contributed by atoms with van der Waals surface area (Å²) < 4.78 is 38.1. The second-order valence-corrected chi connectivity index (χ2v) is 6.36. The topological polar surface area (TPSA) is 55.8 Å². The van der Waals surface area contributed by atoms with E-state index >= 15 is 0 Å². The summed E-state index contributed by atoms with van der Waals surface area (Å²) in [5.74, 6) is -4.05. The van der Waals surface area contributed by atoms with Gasteiger partial charge in [-0.25, -0.2) is 13.6 Å². The molecule has 2 aliphatic heterocycles. The monoisotopic (exact) mass is 291 g/mol. The number of halogens is 2. The van der Waals surface area contributed by atoms with Crippen LogP contribution in [0.3, 0.4) is 0 Å². The Morgan fingerprint density at radius 1 is 1.45 bits per heavy atom. The number of Topliss-reactive ketones (excluding diaryl/α,β-unsaturated/α-hetero) is 1. The first-order valence-electron chi connectivity index (χ1n) is 6.57. The van der Waals surface area contributed by atoms with Crippen LogP contribution >= 0.6 is 0 Å². The molecule has 0 unspecified atom stereocenters. The normalized spacial score (nSPS) is 29.9. The molecule has 1 amide bonds. The first-order valence-corrected chi connectivity index (χ1v) is 6.57. The largest absolute Gasteiger partial charge is 0.444 e. The van der Waals surface area contributed by atoms with Gasteiger partial charge in [0.15, 0.2) is 5.78 Å². The van der Waals surface area contributed by atoms with E-state index in [1.807, 2.05) is 0 Å². The van der Waals surface area contributed by atoms with Gasteiger partial charge in [-0.2, -0.15) is 0 Å². The predicted molar refractivity (Wildman–Crippen MR) is 65.6 cm³/mol. The Balaban J connectivity index is 2.10. The molecule has 0 N–H and O–H groups in total. The van der Waals surface area contributed by atoms with Crippen LogP contribution in [-0.4, -0.2) is 54.1 Å². The maximum atomic E-state index is 14.0. The third-order valence-electron chi connectivity index (χ3n) is 3.27. The third kappa shape index (κ3) is 3.26. The molecule has 20 heavy (non-hydrogen) atoms. The summed E-state index contributed by atoms with van der Waals surface area (Å²) in [6.07, 6.45) is -2.06. The molecular weight excluding hydrogens is 272 g/mol. The van der Waals surface area contributed by atoms with Crippen LogP contribution in [0.15, 0.2) is 0 Å². The molecule has 0 saturated carbocycles. The zero-order chi connectivity index (χ0) is 15.1. The van der Waals surface area contributed by atoms with E-state index in [0.717, 1.165) is 4.90 Å². The highest BCUT2D eigenvalue weighted by molar-refractivity contribution is 5.81. The Morgan fingerprint density at radius 3 is 2.70 bits per heavy atom. The molecule has 7 heteroatoms. The van der Waals surface area contributed by atoms with Crippen LogP contribution in [-0.2, 0) is 14.3 Å². The molecule has 2 fully saturated rings. The number of hydrogen-bond donors (Lipinski definition) is 0. The van der Waals surface area contributed by atoms with Gasteiger partial charge in [0.1, 0.15) is 18.3 Å². The number of ether oxygens (including phenoxy) is 2. The van der Waals surface area contributed by atoms with Gasteiger partial charge >= 0.3 is 6.09 Å². The minimum Gasteiger partial charge on any atom is -0.444 e. The maximum absolute atomic E-state index is 14.0. The van der Waals surface area contributed by atoms with E-state index in [1.165, 1.54) is 0 Å². The molecule has 0 aliphatic carbocycles. The first-order chi connectivity index (χ1) is 9.08. The molecule has 0 aromatic carbocycles. The Hall–Kier alpha value is -1.24. The number of ketones is 1. The number of carbonyl (C=O) groups excluding carboxylic acids is 2. The van der Waals surface area contributed by atoms with Gasteiger partial charge in [0, 0.05) is 18.9 Å². The SMILES string of the molecule is CC(C)(C)OC(=O)N1C[C@H]2CC(=O)CO[C@H]2C(F)(F)C1. The van der Waals surface area contributed by atoms with Crippen molar-refractivity contribution in [3.63, 3.8) is 0 Å². The lowest BCUT2D eigenvalue weighted by molar-refractivity contribution is -0.206. The molecule has 5 nitrogen and oxygen atoms in total. The Labute approximate surface area is 116 Å². The number of rotatable bonds is 0. The molecule has 2 saturated heterocycles. The molecule has 2 atom stereocenters. The predicted octanol–water partition coefficient (Wildman–Crippen LogP) is 1.85. The van der Waals surface area contributed by atoms with E-state index in [4.69, 9.17) is 9.47 Å². The first kappa shape index (κ1) is 15.2.